The van der Waals surface area contributed by atoms with Crippen LogP contribution >= 0.6 is 0 Å². The Hall–Kier alpha value is -5.65. The van der Waals surface area contributed by atoms with Crippen molar-refractivity contribution in [3.8, 4) is 0 Å². The number of carbonyl (C=O) groups is 2. The first-order valence-corrected chi connectivity index (χ1v) is 19.6. The van der Waals surface area contributed by atoms with Gasteiger partial charge >= 0.3 is 0 Å². The molecule has 302 valence electrons. The van der Waals surface area contributed by atoms with Crippen molar-refractivity contribution in [2.24, 2.45) is 0 Å². The molecule has 0 fully saturated rings. The minimum atomic E-state index is -0.200. The summed E-state index contributed by atoms with van der Waals surface area (Å²) in [5, 5.41) is 12.1. The van der Waals surface area contributed by atoms with Crippen molar-refractivity contribution in [2.75, 3.05) is 13.1 Å². The Bertz CT molecular complexity index is 2390. The number of nitrogens with zero attached hydrogens (tertiary/aromatic N) is 9. The number of imidazole rings is 1. The van der Waals surface area contributed by atoms with Crippen molar-refractivity contribution in [1.29, 1.82) is 0 Å². The zero-order chi connectivity index (χ0) is 41.9. The van der Waals surface area contributed by atoms with Crippen molar-refractivity contribution in [1.82, 2.24) is 43.6 Å². The first-order valence-electron chi connectivity index (χ1n) is 19.6. The normalized spacial score (nSPS) is 14.5. The second-order valence-electron chi connectivity index (χ2n) is 18.5. The highest BCUT2D eigenvalue weighted by molar-refractivity contribution is 5.97. The van der Waals surface area contributed by atoms with E-state index in [4.69, 9.17) is 0 Å². The lowest BCUT2D eigenvalue weighted by Crippen LogP contribution is -2.51. The summed E-state index contributed by atoms with van der Waals surface area (Å²) >= 11 is 0. The van der Waals surface area contributed by atoms with Crippen LogP contribution < -0.4 is 5.43 Å². The maximum absolute atomic E-state index is 12.2. The van der Waals surface area contributed by atoms with E-state index in [-0.39, 0.29) is 39.2 Å². The minimum Gasteiger partial charge on any atom is -0.342 e. The highest BCUT2D eigenvalue weighted by atomic mass is 16.2. The summed E-state index contributed by atoms with van der Waals surface area (Å²) < 4.78 is 5.67. The van der Waals surface area contributed by atoms with E-state index in [1.54, 1.807) is 17.0 Å². The zero-order valence-corrected chi connectivity index (χ0v) is 35.7. The average molecular weight is 774 g/mol. The van der Waals surface area contributed by atoms with Gasteiger partial charge in [-0.2, -0.15) is 5.10 Å². The van der Waals surface area contributed by atoms with E-state index in [0.717, 1.165) is 42.1 Å². The van der Waals surface area contributed by atoms with Gasteiger partial charge in [0.25, 0.3) is 11.8 Å². The monoisotopic (exact) mass is 773 g/mol. The molecule has 12 heteroatoms. The summed E-state index contributed by atoms with van der Waals surface area (Å²) in [4.78, 5) is 43.6. The quantitative estimate of drug-likeness (QED) is 0.156. The molecule has 0 N–H and O–H groups in total. The summed E-state index contributed by atoms with van der Waals surface area (Å²) in [7, 11) is 0. The van der Waals surface area contributed by atoms with Crippen LogP contribution in [0.4, 0.5) is 0 Å². The Balaban J connectivity index is 0.000000146. The molecule has 6 aromatic rings. The molecule has 1 aromatic carbocycles. The molecule has 0 atom stereocenters. The number of carbonyl (C=O) groups excluding carboxylic acids is 2. The van der Waals surface area contributed by atoms with Crippen LogP contribution in [0.5, 0.6) is 0 Å². The van der Waals surface area contributed by atoms with Gasteiger partial charge in [0.1, 0.15) is 17.7 Å². The average Bonchev–Trinajstić information content (AvgIpc) is 3.81. The lowest BCUT2D eigenvalue weighted by molar-refractivity contribution is 0.0510. The van der Waals surface area contributed by atoms with Crippen LogP contribution in [0.1, 0.15) is 121 Å². The maximum atomic E-state index is 12.2. The predicted molar refractivity (Wildman–Crippen MR) is 226 cm³/mol. The second kappa shape index (κ2) is 16.4. The number of pyridine rings is 2. The van der Waals surface area contributed by atoms with Gasteiger partial charge in [-0.05, 0) is 83.9 Å². The number of benzene rings is 1. The number of rotatable bonds is 0. The topological polar surface area (TPSA) is 123 Å². The summed E-state index contributed by atoms with van der Waals surface area (Å²) in [6.45, 7) is 27.5. The van der Waals surface area contributed by atoms with E-state index in [2.05, 4.69) is 99.1 Å². The molecule has 5 aromatic heterocycles. The van der Waals surface area contributed by atoms with Gasteiger partial charge < -0.3 is 18.8 Å². The predicted octanol–water partition coefficient (Wildman–Crippen LogP) is 7.64. The third kappa shape index (κ3) is 10.2. The van der Waals surface area contributed by atoms with E-state index in [0.29, 0.717) is 12.2 Å². The number of hydrogen-bond acceptors (Lipinski definition) is 7. The molecule has 2 aliphatic heterocycles. The smallest absolute Gasteiger partial charge is 0.271 e. The van der Waals surface area contributed by atoms with Crippen LogP contribution in [0.3, 0.4) is 0 Å². The fourth-order valence-electron chi connectivity index (χ4n) is 6.73. The standard InChI is InChI=1S/C13H17NO.C12H16N2O2.C11H14N2.C9H12N4/c1-13(2,3)14-9-8-10-6-4-5-7-11(10)12(14)15;1-12(2,3)14-7-6-13-5-4-9(15)8-10(13)11(14)16;1-11(2,3)9-5-4-6-10-12-7-8-13(9)10;1-9(2,3)7-4-5-8-11-10-6-13(8)12-7/h4-7H,8-9H2,1-3H3;4-5,8H,6-7H2,1-3H3;4-8H,1-3H3;4-6H,1-3H3. The van der Waals surface area contributed by atoms with Gasteiger partial charge in [-0.15, -0.1) is 10.2 Å². The summed E-state index contributed by atoms with van der Waals surface area (Å²) in [5.41, 5.74) is 6.53. The van der Waals surface area contributed by atoms with Gasteiger partial charge in [-0.3, -0.25) is 14.4 Å². The van der Waals surface area contributed by atoms with Gasteiger partial charge in [0.15, 0.2) is 11.1 Å². The van der Waals surface area contributed by atoms with Crippen LogP contribution in [0, 0.1) is 0 Å². The fraction of sp³-hybridized carbons (Fsp3) is 0.444. The molecule has 0 saturated heterocycles. The van der Waals surface area contributed by atoms with Crippen LogP contribution in [0.15, 0.2) is 96.4 Å². The molecule has 0 bridgehead atoms. The SMILES string of the molecule is CC(C)(C)N1CCc2ccccc2C1=O.CC(C)(C)N1CCn2ccc(=O)cc2C1=O.CC(C)(C)c1ccc2nncn2n1.CC(C)(C)c1cccc2nccn12. The molecular weight excluding hydrogens is 715 g/mol. The molecule has 57 heavy (non-hydrogen) atoms. The molecule has 7 heterocycles. The van der Waals surface area contributed by atoms with Crippen LogP contribution in [-0.4, -0.2) is 79.5 Å². The van der Waals surface area contributed by atoms with Crippen molar-refractivity contribution >= 4 is 23.1 Å². The number of fused-ring (bicyclic) bond motifs is 4. The highest BCUT2D eigenvalue weighted by Gasteiger charge is 2.32. The van der Waals surface area contributed by atoms with E-state index in [1.807, 2.05) is 90.0 Å². The van der Waals surface area contributed by atoms with E-state index >= 15 is 0 Å². The molecule has 2 aliphatic rings. The third-order valence-corrected chi connectivity index (χ3v) is 9.88. The Kier molecular flexibility index (Phi) is 12.3. The van der Waals surface area contributed by atoms with Crippen molar-refractivity contribution in [3.05, 3.63) is 130 Å². The van der Waals surface area contributed by atoms with Gasteiger partial charge in [-0.1, -0.05) is 65.8 Å². The largest absolute Gasteiger partial charge is 0.342 e. The molecule has 0 saturated carbocycles. The summed E-state index contributed by atoms with van der Waals surface area (Å²) in [6.07, 6.45) is 8.12. The first kappa shape index (κ1) is 42.5. The van der Waals surface area contributed by atoms with Gasteiger partial charge in [0.2, 0.25) is 0 Å². The van der Waals surface area contributed by atoms with Gasteiger partial charge in [0, 0.05) is 83.5 Å². The number of amides is 2. The zero-order valence-electron chi connectivity index (χ0n) is 35.7. The molecule has 0 unspecified atom stereocenters. The lowest BCUT2D eigenvalue weighted by Gasteiger charge is -2.39. The molecule has 8 rings (SSSR count). The third-order valence-electron chi connectivity index (χ3n) is 9.88. The maximum Gasteiger partial charge on any atom is 0.271 e. The van der Waals surface area contributed by atoms with Crippen LogP contribution in [0.2, 0.25) is 0 Å². The van der Waals surface area contributed by atoms with Gasteiger partial charge in [-0.25, -0.2) is 9.50 Å². The van der Waals surface area contributed by atoms with Crippen molar-refractivity contribution < 1.29 is 9.59 Å². The molecule has 0 radical (unpaired) electrons. The lowest BCUT2D eigenvalue weighted by atomic mass is 9.91. The van der Waals surface area contributed by atoms with Crippen molar-refractivity contribution in [3.63, 3.8) is 0 Å². The van der Waals surface area contributed by atoms with Gasteiger partial charge in [0.05, 0.1) is 5.69 Å². The number of aromatic nitrogens is 7. The summed E-state index contributed by atoms with van der Waals surface area (Å²) in [5.74, 6) is 0.112. The highest BCUT2D eigenvalue weighted by Crippen LogP contribution is 2.26. The molecular formula is C45H59N9O3. The molecule has 2 amide bonds. The Morgan fingerprint density at radius 3 is 1.98 bits per heavy atom. The van der Waals surface area contributed by atoms with Crippen LogP contribution in [0.25, 0.3) is 11.3 Å². The first-order chi connectivity index (χ1) is 26.6. The molecule has 0 spiro atoms. The molecule has 12 nitrogen and oxygen atoms in total. The Labute approximate surface area is 336 Å². The Morgan fingerprint density at radius 1 is 0.632 bits per heavy atom. The van der Waals surface area contributed by atoms with Crippen LogP contribution in [-0.2, 0) is 23.8 Å². The van der Waals surface area contributed by atoms with E-state index < -0.39 is 0 Å². The van der Waals surface area contributed by atoms with E-state index in [9.17, 15) is 14.4 Å². The second-order valence-corrected chi connectivity index (χ2v) is 18.5. The Morgan fingerprint density at radius 2 is 1.32 bits per heavy atom. The molecule has 0 aliphatic carbocycles. The summed E-state index contributed by atoms with van der Waals surface area (Å²) in [6, 6.07) is 21.0. The van der Waals surface area contributed by atoms with E-state index in [1.165, 1.54) is 23.4 Å². The van der Waals surface area contributed by atoms with Crippen molar-refractivity contribution in [2.45, 2.75) is 118 Å². The minimum absolute atomic E-state index is 0.0588. The number of hydrogen-bond donors (Lipinski definition) is 0. The fourth-order valence-corrected chi connectivity index (χ4v) is 6.73.